The van der Waals surface area contributed by atoms with Crippen molar-refractivity contribution in [3.05, 3.63) is 24.3 Å². The quantitative estimate of drug-likeness (QED) is 0.450. The predicted octanol–water partition coefficient (Wildman–Crippen LogP) is 3.20. The van der Waals surface area contributed by atoms with Gasteiger partial charge in [0, 0.05) is 6.08 Å². The van der Waals surface area contributed by atoms with Gasteiger partial charge in [0.15, 0.2) is 0 Å². The highest BCUT2D eigenvalue weighted by Gasteiger charge is 2.08. The first-order valence-corrected chi connectivity index (χ1v) is 4.66. The molecule has 1 rings (SSSR count). The SMILES string of the molecule is N#CC=CC=CC1CCCCC1. The van der Waals surface area contributed by atoms with E-state index in [2.05, 4.69) is 6.08 Å². The largest absolute Gasteiger partial charge is 0.193 e. The molecule has 0 aliphatic heterocycles. The minimum atomic E-state index is 0.766. The Hall–Kier alpha value is -1.03. The molecule has 0 atom stereocenters. The van der Waals surface area contributed by atoms with Gasteiger partial charge in [-0.25, -0.2) is 0 Å². The summed E-state index contributed by atoms with van der Waals surface area (Å²) >= 11 is 0. The van der Waals surface area contributed by atoms with E-state index in [0.717, 1.165) is 5.92 Å². The fourth-order valence-corrected chi connectivity index (χ4v) is 1.65. The van der Waals surface area contributed by atoms with Gasteiger partial charge in [0.05, 0.1) is 6.07 Å². The van der Waals surface area contributed by atoms with Gasteiger partial charge in [-0.05, 0) is 18.8 Å². The highest BCUT2D eigenvalue weighted by Crippen LogP contribution is 2.24. The smallest absolute Gasteiger partial charge is 0.0912 e. The van der Waals surface area contributed by atoms with Crippen LogP contribution in [-0.4, -0.2) is 0 Å². The fraction of sp³-hybridized carbons (Fsp3) is 0.545. The molecule has 0 N–H and O–H groups in total. The molecular weight excluding hydrogens is 146 g/mol. The van der Waals surface area contributed by atoms with Crippen molar-refractivity contribution in [1.29, 1.82) is 5.26 Å². The van der Waals surface area contributed by atoms with Crippen LogP contribution in [-0.2, 0) is 0 Å². The number of hydrogen-bond acceptors (Lipinski definition) is 1. The molecule has 0 saturated heterocycles. The third-order valence-electron chi connectivity index (χ3n) is 2.31. The molecule has 0 aromatic rings. The molecule has 1 nitrogen and oxygen atoms in total. The summed E-state index contributed by atoms with van der Waals surface area (Å²) in [6, 6.07) is 1.97. The Bertz CT molecular complexity index is 202. The molecule has 12 heavy (non-hydrogen) atoms. The Morgan fingerprint density at radius 2 is 1.83 bits per heavy atom. The van der Waals surface area contributed by atoms with E-state index >= 15 is 0 Å². The highest BCUT2D eigenvalue weighted by molar-refractivity contribution is 5.12. The molecule has 1 aliphatic carbocycles. The van der Waals surface area contributed by atoms with Crippen LogP contribution in [0.3, 0.4) is 0 Å². The number of nitriles is 1. The number of nitrogens with zero attached hydrogens (tertiary/aromatic N) is 1. The summed E-state index contributed by atoms with van der Waals surface area (Å²) in [7, 11) is 0. The Kier molecular flexibility index (Phi) is 4.23. The van der Waals surface area contributed by atoms with Gasteiger partial charge in [-0.1, -0.05) is 37.5 Å². The lowest BCUT2D eigenvalue weighted by molar-refractivity contribution is 0.419. The summed E-state index contributed by atoms with van der Waals surface area (Å²) in [5.74, 6) is 0.766. The second-order valence-electron chi connectivity index (χ2n) is 3.27. The summed E-state index contributed by atoms with van der Waals surface area (Å²) in [4.78, 5) is 0. The zero-order valence-electron chi connectivity index (χ0n) is 7.37. The molecule has 1 aliphatic rings. The van der Waals surface area contributed by atoms with Crippen LogP contribution in [0.15, 0.2) is 24.3 Å². The minimum absolute atomic E-state index is 0.766. The lowest BCUT2D eigenvalue weighted by Crippen LogP contribution is -2.02. The van der Waals surface area contributed by atoms with Crippen LogP contribution in [0.2, 0.25) is 0 Å². The second-order valence-corrected chi connectivity index (χ2v) is 3.27. The molecule has 64 valence electrons. The zero-order valence-corrected chi connectivity index (χ0v) is 7.37. The molecule has 0 amide bonds. The third kappa shape index (κ3) is 3.39. The summed E-state index contributed by atoms with van der Waals surface area (Å²) in [5, 5.41) is 8.23. The average molecular weight is 161 g/mol. The zero-order chi connectivity index (χ0) is 8.65. The van der Waals surface area contributed by atoms with E-state index in [9.17, 15) is 0 Å². The van der Waals surface area contributed by atoms with Crippen molar-refractivity contribution in [2.45, 2.75) is 32.1 Å². The van der Waals surface area contributed by atoms with Crippen LogP contribution in [0.1, 0.15) is 32.1 Å². The van der Waals surface area contributed by atoms with Crippen LogP contribution in [0.4, 0.5) is 0 Å². The lowest BCUT2D eigenvalue weighted by Gasteiger charge is -2.17. The van der Waals surface area contributed by atoms with Gasteiger partial charge in [0.1, 0.15) is 0 Å². The van der Waals surface area contributed by atoms with Crippen molar-refractivity contribution >= 4 is 0 Å². The molecule has 0 unspecified atom stereocenters. The Labute approximate surface area is 74.4 Å². The maximum Gasteiger partial charge on any atom is 0.0912 e. The maximum atomic E-state index is 8.23. The Balaban J connectivity index is 2.25. The van der Waals surface area contributed by atoms with Crippen molar-refractivity contribution in [3.63, 3.8) is 0 Å². The normalized spacial score (nSPS) is 20.2. The van der Waals surface area contributed by atoms with Crippen molar-refractivity contribution in [2.75, 3.05) is 0 Å². The van der Waals surface area contributed by atoms with E-state index < -0.39 is 0 Å². The maximum absolute atomic E-state index is 8.23. The first kappa shape index (κ1) is 9.06. The topological polar surface area (TPSA) is 23.8 Å². The molecule has 0 bridgehead atoms. The highest BCUT2D eigenvalue weighted by atomic mass is 14.2. The molecule has 0 heterocycles. The molecule has 1 saturated carbocycles. The average Bonchev–Trinajstić information content (AvgIpc) is 2.14. The van der Waals surface area contributed by atoms with Crippen molar-refractivity contribution in [2.24, 2.45) is 5.92 Å². The molecule has 0 radical (unpaired) electrons. The number of allylic oxidation sites excluding steroid dienone is 4. The molecule has 1 heteroatoms. The van der Waals surface area contributed by atoms with Gasteiger partial charge in [-0.3, -0.25) is 0 Å². The standard InChI is InChI=1S/C11H15N/c12-10-6-2-5-9-11-7-3-1-4-8-11/h2,5-6,9,11H,1,3-4,7-8H2. The van der Waals surface area contributed by atoms with E-state index in [4.69, 9.17) is 5.26 Å². The van der Waals surface area contributed by atoms with E-state index in [1.165, 1.54) is 38.2 Å². The summed E-state index contributed by atoms with van der Waals surface area (Å²) in [6.07, 6.45) is 14.4. The predicted molar refractivity (Wildman–Crippen MR) is 50.5 cm³/mol. The lowest BCUT2D eigenvalue weighted by atomic mass is 9.89. The van der Waals surface area contributed by atoms with Gasteiger partial charge < -0.3 is 0 Å². The van der Waals surface area contributed by atoms with Crippen LogP contribution in [0.25, 0.3) is 0 Å². The van der Waals surface area contributed by atoms with Gasteiger partial charge >= 0.3 is 0 Å². The molecular formula is C11H15N. The van der Waals surface area contributed by atoms with Gasteiger partial charge in [0.25, 0.3) is 0 Å². The van der Waals surface area contributed by atoms with Crippen molar-refractivity contribution < 1.29 is 0 Å². The minimum Gasteiger partial charge on any atom is -0.193 e. The van der Waals surface area contributed by atoms with Crippen LogP contribution in [0, 0.1) is 17.2 Å². The van der Waals surface area contributed by atoms with Crippen LogP contribution < -0.4 is 0 Å². The number of rotatable bonds is 2. The summed E-state index contributed by atoms with van der Waals surface area (Å²) in [5.41, 5.74) is 0. The van der Waals surface area contributed by atoms with Crippen LogP contribution >= 0.6 is 0 Å². The van der Waals surface area contributed by atoms with E-state index in [0.29, 0.717) is 0 Å². The Morgan fingerprint density at radius 3 is 2.50 bits per heavy atom. The van der Waals surface area contributed by atoms with Crippen molar-refractivity contribution in [3.8, 4) is 6.07 Å². The number of hydrogen-bond donors (Lipinski definition) is 0. The molecule has 0 aromatic heterocycles. The molecule has 1 fully saturated rings. The van der Waals surface area contributed by atoms with Gasteiger partial charge in [0.2, 0.25) is 0 Å². The first-order valence-electron chi connectivity index (χ1n) is 4.66. The monoisotopic (exact) mass is 161 g/mol. The van der Waals surface area contributed by atoms with E-state index in [-0.39, 0.29) is 0 Å². The van der Waals surface area contributed by atoms with Gasteiger partial charge in [-0.2, -0.15) is 5.26 Å². The fourth-order valence-electron chi connectivity index (χ4n) is 1.65. The van der Waals surface area contributed by atoms with E-state index in [1.807, 2.05) is 18.2 Å². The van der Waals surface area contributed by atoms with Crippen molar-refractivity contribution in [1.82, 2.24) is 0 Å². The molecule has 0 spiro atoms. The second kappa shape index (κ2) is 5.60. The summed E-state index contributed by atoms with van der Waals surface area (Å²) in [6.45, 7) is 0. The summed E-state index contributed by atoms with van der Waals surface area (Å²) < 4.78 is 0. The van der Waals surface area contributed by atoms with E-state index in [1.54, 1.807) is 0 Å². The Morgan fingerprint density at radius 1 is 1.08 bits per heavy atom. The molecule has 0 aromatic carbocycles. The van der Waals surface area contributed by atoms with Gasteiger partial charge in [-0.15, -0.1) is 0 Å². The van der Waals surface area contributed by atoms with Crippen LogP contribution in [0.5, 0.6) is 0 Å². The third-order valence-corrected chi connectivity index (χ3v) is 2.31. The first-order chi connectivity index (χ1) is 5.93.